The third-order valence-corrected chi connectivity index (χ3v) is 4.89. The van der Waals surface area contributed by atoms with Crippen molar-refractivity contribution in [3.05, 3.63) is 18.3 Å². The maximum Gasteiger partial charge on any atom is 0.141 e. The summed E-state index contributed by atoms with van der Waals surface area (Å²) in [5.41, 5.74) is 3.64. The molecule has 0 unspecified atom stereocenters. The van der Waals surface area contributed by atoms with E-state index < -0.39 is 0 Å². The second kappa shape index (κ2) is 5.60. The molecule has 0 aliphatic heterocycles. The van der Waals surface area contributed by atoms with E-state index in [0.717, 1.165) is 12.2 Å². The van der Waals surface area contributed by atoms with Crippen molar-refractivity contribution in [2.24, 2.45) is 5.84 Å². The Morgan fingerprint density at radius 2 is 2.24 bits per heavy atom. The van der Waals surface area contributed by atoms with E-state index in [4.69, 9.17) is 5.84 Å². The Bertz CT molecular complexity index is 363. The minimum atomic E-state index is 0.416. The largest absolute Gasteiger partial charge is 0.383 e. The van der Waals surface area contributed by atoms with Gasteiger partial charge in [0.2, 0.25) is 0 Å². The highest BCUT2D eigenvalue weighted by Gasteiger charge is 2.32. The van der Waals surface area contributed by atoms with Crippen LogP contribution in [0.4, 0.5) is 11.5 Å². The molecule has 0 aromatic carbocycles. The summed E-state index contributed by atoms with van der Waals surface area (Å²) < 4.78 is 0.416. The minimum absolute atomic E-state index is 0.416. The molecule has 1 aliphatic carbocycles. The Hall–Kier alpha value is -0.940. The van der Waals surface area contributed by atoms with Gasteiger partial charge in [0.25, 0.3) is 0 Å². The van der Waals surface area contributed by atoms with Gasteiger partial charge in [-0.15, -0.1) is 0 Å². The van der Waals surface area contributed by atoms with Gasteiger partial charge in [-0.3, -0.25) is 0 Å². The van der Waals surface area contributed by atoms with Gasteiger partial charge in [-0.05, 0) is 25.2 Å². The number of hydrogen-bond donors (Lipinski definition) is 3. The Balaban J connectivity index is 1.96. The van der Waals surface area contributed by atoms with Crippen LogP contribution in [0, 0.1) is 0 Å². The first-order valence-corrected chi connectivity index (χ1v) is 7.22. The second-order valence-corrected chi connectivity index (χ2v) is 5.80. The molecule has 0 bridgehead atoms. The average molecular weight is 252 g/mol. The molecule has 0 spiro atoms. The molecule has 1 aromatic rings. The molecule has 1 aliphatic rings. The monoisotopic (exact) mass is 252 g/mol. The highest BCUT2D eigenvalue weighted by atomic mass is 32.2. The van der Waals surface area contributed by atoms with Crippen LogP contribution < -0.4 is 16.6 Å². The summed E-state index contributed by atoms with van der Waals surface area (Å²) in [4.78, 5) is 4.09. The maximum absolute atomic E-state index is 5.34. The highest BCUT2D eigenvalue weighted by molar-refractivity contribution is 8.00. The summed E-state index contributed by atoms with van der Waals surface area (Å²) in [7, 11) is 0. The number of thioether (sulfide) groups is 1. The van der Waals surface area contributed by atoms with E-state index in [0.29, 0.717) is 10.6 Å². The third kappa shape index (κ3) is 3.04. The zero-order valence-electron chi connectivity index (χ0n) is 10.2. The number of hydrogen-bond acceptors (Lipinski definition) is 5. The maximum atomic E-state index is 5.34. The smallest absolute Gasteiger partial charge is 0.141 e. The molecule has 94 valence electrons. The normalized spacial score (nSPS) is 18.0. The molecule has 4 nitrogen and oxygen atoms in total. The number of nitrogens with zero attached hydrogens (tertiary/aromatic N) is 1. The van der Waals surface area contributed by atoms with E-state index in [1.165, 1.54) is 25.7 Å². The molecule has 0 atom stereocenters. The molecule has 0 amide bonds. The lowest BCUT2D eigenvalue weighted by Crippen LogP contribution is -2.30. The molecular formula is C12H20N4S. The summed E-state index contributed by atoms with van der Waals surface area (Å²) in [5.74, 6) is 6.04. The van der Waals surface area contributed by atoms with Gasteiger partial charge < -0.3 is 10.7 Å². The third-order valence-electron chi connectivity index (χ3n) is 3.47. The van der Waals surface area contributed by atoms with E-state index in [1.807, 2.05) is 23.9 Å². The predicted molar refractivity (Wildman–Crippen MR) is 75.3 cm³/mol. The summed E-state index contributed by atoms with van der Waals surface area (Å²) in [6.07, 6.45) is 9.32. The molecule has 0 radical (unpaired) electrons. The van der Waals surface area contributed by atoms with Crippen LogP contribution in [0.2, 0.25) is 0 Å². The van der Waals surface area contributed by atoms with Gasteiger partial charge in [0.15, 0.2) is 0 Å². The van der Waals surface area contributed by atoms with Crippen molar-refractivity contribution >= 4 is 23.3 Å². The second-order valence-electron chi connectivity index (χ2n) is 4.52. The molecule has 17 heavy (non-hydrogen) atoms. The molecule has 4 N–H and O–H groups in total. The molecular weight excluding hydrogens is 232 g/mol. The number of anilines is 2. The minimum Gasteiger partial charge on any atom is -0.383 e. The van der Waals surface area contributed by atoms with Crippen LogP contribution >= 0.6 is 11.8 Å². The topological polar surface area (TPSA) is 63.0 Å². The van der Waals surface area contributed by atoms with Gasteiger partial charge in [-0.1, -0.05) is 12.8 Å². The number of nitrogen functional groups attached to an aromatic ring is 1. The van der Waals surface area contributed by atoms with E-state index in [2.05, 4.69) is 22.0 Å². The Kier molecular flexibility index (Phi) is 4.12. The zero-order valence-corrected chi connectivity index (χ0v) is 11.0. The number of hydrazine groups is 1. The van der Waals surface area contributed by atoms with Crippen LogP contribution in [0.3, 0.4) is 0 Å². The molecule has 5 heteroatoms. The zero-order chi connectivity index (χ0) is 12.1. The SMILES string of the molecule is CSC1(CNc2ccnc(NN)c2)CCCC1. The lowest BCUT2D eigenvalue weighted by Gasteiger charge is -2.27. The molecule has 1 saturated carbocycles. The molecule has 2 rings (SSSR count). The van der Waals surface area contributed by atoms with Crippen molar-refractivity contribution in [2.75, 3.05) is 23.5 Å². The predicted octanol–water partition coefficient (Wildman–Crippen LogP) is 2.45. The standard InChI is InChI=1S/C12H20N4S/c1-17-12(5-2-3-6-12)9-15-10-4-7-14-11(8-10)16-13/h4,7-8H,2-3,5-6,9,13H2,1H3,(H2,14,15,16). The fourth-order valence-corrected chi connectivity index (χ4v) is 3.27. The summed E-state index contributed by atoms with van der Waals surface area (Å²) in [6.45, 7) is 1.02. The van der Waals surface area contributed by atoms with Gasteiger partial charge in [0.05, 0.1) is 0 Å². The fourth-order valence-electron chi connectivity index (χ4n) is 2.35. The van der Waals surface area contributed by atoms with E-state index in [1.54, 1.807) is 6.20 Å². The molecule has 1 fully saturated rings. The summed E-state index contributed by atoms with van der Waals surface area (Å²) in [5, 5.41) is 3.50. The van der Waals surface area contributed by atoms with Gasteiger partial charge >= 0.3 is 0 Å². The fraction of sp³-hybridized carbons (Fsp3) is 0.583. The lowest BCUT2D eigenvalue weighted by atomic mass is 10.1. The molecule has 0 saturated heterocycles. The van der Waals surface area contributed by atoms with Gasteiger partial charge in [0.1, 0.15) is 5.82 Å². The number of rotatable bonds is 5. The average Bonchev–Trinajstić information content (AvgIpc) is 2.86. The Morgan fingerprint density at radius 1 is 1.47 bits per heavy atom. The van der Waals surface area contributed by atoms with E-state index in [-0.39, 0.29) is 0 Å². The Labute approximate surface area is 107 Å². The van der Waals surface area contributed by atoms with Crippen LogP contribution in [0.25, 0.3) is 0 Å². The van der Waals surface area contributed by atoms with Crippen LogP contribution in [-0.2, 0) is 0 Å². The molecule has 1 heterocycles. The first kappa shape index (κ1) is 12.5. The van der Waals surface area contributed by atoms with Crippen molar-refractivity contribution in [3.63, 3.8) is 0 Å². The summed E-state index contributed by atoms with van der Waals surface area (Å²) in [6, 6.07) is 3.91. The van der Waals surface area contributed by atoms with Crippen LogP contribution in [-0.4, -0.2) is 22.5 Å². The van der Waals surface area contributed by atoms with Crippen molar-refractivity contribution < 1.29 is 0 Å². The van der Waals surface area contributed by atoms with Crippen molar-refractivity contribution in [1.82, 2.24) is 4.98 Å². The Morgan fingerprint density at radius 3 is 2.88 bits per heavy atom. The first-order valence-electron chi connectivity index (χ1n) is 6.00. The van der Waals surface area contributed by atoms with Crippen LogP contribution in [0.5, 0.6) is 0 Å². The van der Waals surface area contributed by atoms with Crippen LogP contribution in [0.15, 0.2) is 18.3 Å². The quantitative estimate of drug-likeness (QED) is 0.555. The van der Waals surface area contributed by atoms with Crippen molar-refractivity contribution in [3.8, 4) is 0 Å². The van der Waals surface area contributed by atoms with Gasteiger partial charge in [-0.2, -0.15) is 11.8 Å². The first-order chi connectivity index (χ1) is 8.28. The van der Waals surface area contributed by atoms with Gasteiger partial charge in [0, 0.05) is 29.2 Å². The lowest BCUT2D eigenvalue weighted by molar-refractivity contribution is 0.640. The van der Waals surface area contributed by atoms with E-state index in [9.17, 15) is 0 Å². The number of nitrogens with one attached hydrogen (secondary N) is 2. The van der Waals surface area contributed by atoms with Crippen LogP contribution in [0.1, 0.15) is 25.7 Å². The summed E-state index contributed by atoms with van der Waals surface area (Å²) >= 11 is 1.99. The van der Waals surface area contributed by atoms with Gasteiger partial charge in [-0.25, -0.2) is 10.8 Å². The highest BCUT2D eigenvalue weighted by Crippen LogP contribution is 2.40. The van der Waals surface area contributed by atoms with Crippen molar-refractivity contribution in [1.29, 1.82) is 0 Å². The van der Waals surface area contributed by atoms with Crippen molar-refractivity contribution in [2.45, 2.75) is 30.4 Å². The van der Waals surface area contributed by atoms with E-state index >= 15 is 0 Å². The number of nitrogens with two attached hydrogens (primary N) is 1. The molecule has 1 aromatic heterocycles. The number of aromatic nitrogens is 1. The number of pyridine rings is 1.